The van der Waals surface area contributed by atoms with Crippen LogP contribution in [-0.4, -0.2) is 5.11 Å². The first-order valence-electron chi connectivity index (χ1n) is 5.95. The van der Waals surface area contributed by atoms with Gasteiger partial charge < -0.3 is 5.11 Å². The number of hydrogen-bond donors (Lipinski definition) is 1. The van der Waals surface area contributed by atoms with Gasteiger partial charge in [0.1, 0.15) is 5.82 Å². The summed E-state index contributed by atoms with van der Waals surface area (Å²) >= 11 is 0. The number of halogens is 1. The maximum Gasteiger partial charge on any atom is 0.131 e. The van der Waals surface area contributed by atoms with Gasteiger partial charge >= 0.3 is 0 Å². The van der Waals surface area contributed by atoms with Crippen LogP contribution < -0.4 is 0 Å². The molecule has 2 rings (SSSR count). The maximum atomic E-state index is 13.6. The molecule has 0 aliphatic carbocycles. The van der Waals surface area contributed by atoms with Gasteiger partial charge in [-0.15, -0.1) is 0 Å². The fourth-order valence-electron chi connectivity index (χ4n) is 2.15. The number of aliphatic hydroxyl groups is 1. The molecular formula is C15H17FO. The zero-order chi connectivity index (χ0) is 12.4. The van der Waals surface area contributed by atoms with Crippen molar-refractivity contribution in [3.63, 3.8) is 0 Å². The summed E-state index contributed by atoms with van der Waals surface area (Å²) in [5, 5.41) is 11.5. The molecule has 0 fully saturated rings. The van der Waals surface area contributed by atoms with Crippen LogP contribution in [0.2, 0.25) is 0 Å². The van der Waals surface area contributed by atoms with E-state index in [-0.39, 0.29) is 5.82 Å². The third-order valence-corrected chi connectivity index (χ3v) is 2.96. The largest absolute Gasteiger partial charge is 0.388 e. The van der Waals surface area contributed by atoms with Gasteiger partial charge in [-0.05, 0) is 29.4 Å². The predicted molar refractivity (Wildman–Crippen MR) is 68.3 cm³/mol. The first-order valence-corrected chi connectivity index (χ1v) is 5.95. The molecule has 1 atom stereocenters. The quantitative estimate of drug-likeness (QED) is 0.846. The molecule has 0 radical (unpaired) electrons. The van der Waals surface area contributed by atoms with E-state index in [2.05, 4.69) is 13.8 Å². The third kappa shape index (κ3) is 2.47. The van der Waals surface area contributed by atoms with Gasteiger partial charge in [-0.3, -0.25) is 0 Å². The molecule has 0 aliphatic heterocycles. The van der Waals surface area contributed by atoms with Gasteiger partial charge in [-0.25, -0.2) is 4.39 Å². The predicted octanol–water partition coefficient (Wildman–Crippen LogP) is 4.06. The average Bonchev–Trinajstić information content (AvgIpc) is 2.29. The summed E-state index contributed by atoms with van der Waals surface area (Å²) in [7, 11) is 0. The van der Waals surface area contributed by atoms with Crippen molar-refractivity contribution in [1.29, 1.82) is 0 Å². The Kier molecular flexibility index (Phi) is 3.43. The highest BCUT2D eigenvalue weighted by molar-refractivity contribution is 5.86. The van der Waals surface area contributed by atoms with Crippen molar-refractivity contribution in [1.82, 2.24) is 0 Å². The topological polar surface area (TPSA) is 20.2 Å². The normalized spacial score (nSPS) is 13.2. The highest BCUT2D eigenvalue weighted by Crippen LogP contribution is 2.29. The Bertz CT molecular complexity index is 519. The fourth-order valence-corrected chi connectivity index (χ4v) is 2.15. The number of rotatable bonds is 3. The summed E-state index contributed by atoms with van der Waals surface area (Å²) in [4.78, 5) is 0. The molecule has 1 unspecified atom stereocenters. The first-order chi connectivity index (χ1) is 8.09. The molecule has 1 nitrogen and oxygen atoms in total. The van der Waals surface area contributed by atoms with Crippen LogP contribution in [0.4, 0.5) is 4.39 Å². The van der Waals surface area contributed by atoms with Crippen LogP contribution >= 0.6 is 0 Å². The Hall–Kier alpha value is -1.41. The molecule has 2 aromatic rings. The average molecular weight is 232 g/mol. The molecule has 0 amide bonds. The van der Waals surface area contributed by atoms with Crippen molar-refractivity contribution in [2.24, 2.45) is 5.92 Å². The van der Waals surface area contributed by atoms with Gasteiger partial charge in [0.2, 0.25) is 0 Å². The third-order valence-electron chi connectivity index (χ3n) is 2.96. The number of aliphatic hydroxyl groups excluding tert-OH is 1. The molecule has 2 heteroatoms. The van der Waals surface area contributed by atoms with E-state index in [1.165, 1.54) is 6.07 Å². The van der Waals surface area contributed by atoms with Crippen molar-refractivity contribution in [2.45, 2.75) is 26.4 Å². The lowest BCUT2D eigenvalue weighted by Gasteiger charge is -2.16. The van der Waals surface area contributed by atoms with Crippen LogP contribution in [0.3, 0.4) is 0 Å². The monoisotopic (exact) mass is 232 g/mol. The zero-order valence-corrected chi connectivity index (χ0v) is 10.2. The minimum atomic E-state index is -0.527. The highest BCUT2D eigenvalue weighted by atomic mass is 19.1. The molecule has 0 heterocycles. The summed E-state index contributed by atoms with van der Waals surface area (Å²) in [6, 6.07) is 10.4. The molecule has 1 N–H and O–H groups in total. The van der Waals surface area contributed by atoms with Gasteiger partial charge in [0.05, 0.1) is 6.10 Å². The maximum absolute atomic E-state index is 13.6. The number of fused-ring (bicyclic) bond motifs is 1. The fraction of sp³-hybridized carbons (Fsp3) is 0.333. The Morgan fingerprint density at radius 3 is 2.35 bits per heavy atom. The summed E-state index contributed by atoms with van der Waals surface area (Å²) in [6.45, 7) is 4.13. The van der Waals surface area contributed by atoms with Gasteiger partial charge in [0.15, 0.2) is 0 Å². The molecule has 0 aromatic heterocycles. The molecule has 0 saturated carbocycles. The smallest absolute Gasteiger partial charge is 0.131 e. The van der Waals surface area contributed by atoms with Gasteiger partial charge in [0, 0.05) is 5.39 Å². The second-order valence-corrected chi connectivity index (χ2v) is 4.83. The summed E-state index contributed by atoms with van der Waals surface area (Å²) in [5.74, 6) is 0.176. The van der Waals surface area contributed by atoms with Crippen LogP contribution in [-0.2, 0) is 0 Å². The van der Waals surface area contributed by atoms with E-state index in [1.54, 1.807) is 12.1 Å². The second-order valence-electron chi connectivity index (χ2n) is 4.83. The molecule has 0 spiro atoms. The lowest BCUT2D eigenvalue weighted by molar-refractivity contribution is 0.152. The van der Waals surface area contributed by atoms with Crippen molar-refractivity contribution in [3.05, 3.63) is 47.8 Å². The van der Waals surface area contributed by atoms with Gasteiger partial charge in [-0.1, -0.05) is 44.2 Å². The van der Waals surface area contributed by atoms with E-state index in [0.29, 0.717) is 17.7 Å². The second kappa shape index (κ2) is 4.84. The number of benzene rings is 2. The Labute approximate surface area is 101 Å². The van der Waals surface area contributed by atoms with Gasteiger partial charge in [-0.2, -0.15) is 0 Å². The Balaban J connectivity index is 2.51. The first kappa shape index (κ1) is 12.1. The molecule has 0 bridgehead atoms. The van der Waals surface area contributed by atoms with Crippen LogP contribution in [0.25, 0.3) is 10.8 Å². The van der Waals surface area contributed by atoms with Crippen molar-refractivity contribution < 1.29 is 9.50 Å². The van der Waals surface area contributed by atoms with Crippen LogP contribution in [0.5, 0.6) is 0 Å². The standard InChI is InChI=1S/C15H17FO/c1-10(2)9-15(17)13-7-8-14(16)12-6-4-3-5-11(12)13/h3-8,10,15,17H,9H2,1-2H3. The summed E-state index contributed by atoms with van der Waals surface area (Å²) in [6.07, 6.45) is 0.163. The molecular weight excluding hydrogens is 215 g/mol. The van der Waals surface area contributed by atoms with Crippen LogP contribution in [0, 0.1) is 11.7 Å². The highest BCUT2D eigenvalue weighted by Gasteiger charge is 2.14. The Morgan fingerprint density at radius 1 is 1.06 bits per heavy atom. The molecule has 17 heavy (non-hydrogen) atoms. The molecule has 0 saturated heterocycles. The van der Waals surface area contributed by atoms with Crippen LogP contribution in [0.15, 0.2) is 36.4 Å². The van der Waals surface area contributed by atoms with Crippen molar-refractivity contribution >= 4 is 10.8 Å². The Morgan fingerprint density at radius 2 is 1.71 bits per heavy atom. The van der Waals surface area contributed by atoms with E-state index in [0.717, 1.165) is 10.9 Å². The van der Waals surface area contributed by atoms with E-state index < -0.39 is 6.10 Å². The molecule has 0 aliphatic rings. The minimum absolute atomic E-state index is 0.235. The van der Waals surface area contributed by atoms with E-state index in [9.17, 15) is 9.50 Å². The SMILES string of the molecule is CC(C)CC(O)c1ccc(F)c2ccccc12. The lowest BCUT2D eigenvalue weighted by Crippen LogP contribution is -2.03. The molecule has 90 valence electrons. The molecule has 2 aromatic carbocycles. The van der Waals surface area contributed by atoms with Gasteiger partial charge in [0.25, 0.3) is 0 Å². The van der Waals surface area contributed by atoms with Crippen LogP contribution in [0.1, 0.15) is 31.9 Å². The van der Waals surface area contributed by atoms with E-state index in [1.807, 2.05) is 18.2 Å². The van der Waals surface area contributed by atoms with Crippen molar-refractivity contribution in [2.75, 3.05) is 0 Å². The summed E-state index contributed by atoms with van der Waals surface area (Å²) in [5.41, 5.74) is 0.815. The van der Waals surface area contributed by atoms with E-state index >= 15 is 0 Å². The summed E-state index contributed by atoms with van der Waals surface area (Å²) < 4.78 is 13.6. The van der Waals surface area contributed by atoms with Crippen molar-refractivity contribution in [3.8, 4) is 0 Å². The van der Waals surface area contributed by atoms with E-state index in [4.69, 9.17) is 0 Å². The zero-order valence-electron chi connectivity index (χ0n) is 10.2. The lowest BCUT2D eigenvalue weighted by atomic mass is 9.95. The number of hydrogen-bond acceptors (Lipinski definition) is 1. The minimum Gasteiger partial charge on any atom is -0.388 e.